The lowest BCUT2D eigenvalue weighted by Crippen LogP contribution is -2.49. The molecule has 6 heteroatoms. The van der Waals surface area contributed by atoms with Crippen LogP contribution in [0.25, 0.3) is 11.5 Å². The van der Waals surface area contributed by atoms with Gasteiger partial charge in [0.25, 0.3) is 5.89 Å². The molecular formula is C21H28N4O2. The number of carbonyl (C=O) groups excluding carboxylic acids is 1. The van der Waals surface area contributed by atoms with Gasteiger partial charge < -0.3 is 9.42 Å². The number of hydrogen-bond acceptors (Lipinski definition) is 5. The van der Waals surface area contributed by atoms with E-state index in [0.717, 1.165) is 43.1 Å². The average molecular weight is 368 g/mol. The SMILES string of the molecule is CC(C)CC(=O)N1CCCC(CC2CC2)(c2noc(-c3cccnc3)n2)C1. The molecule has 1 unspecified atom stereocenters. The van der Waals surface area contributed by atoms with Crippen molar-refractivity contribution < 1.29 is 9.32 Å². The Labute approximate surface area is 160 Å². The molecule has 2 aliphatic rings. The second-order valence-corrected chi connectivity index (χ2v) is 8.61. The first kappa shape index (κ1) is 18.1. The van der Waals surface area contributed by atoms with Gasteiger partial charge in [-0.3, -0.25) is 9.78 Å². The molecule has 0 spiro atoms. The summed E-state index contributed by atoms with van der Waals surface area (Å²) < 4.78 is 5.59. The van der Waals surface area contributed by atoms with Crippen LogP contribution in [-0.2, 0) is 10.2 Å². The van der Waals surface area contributed by atoms with Gasteiger partial charge in [-0.25, -0.2) is 0 Å². The van der Waals surface area contributed by atoms with E-state index in [1.165, 1.54) is 12.8 Å². The highest BCUT2D eigenvalue weighted by molar-refractivity contribution is 5.76. The molecule has 0 radical (unpaired) electrons. The molecule has 1 saturated carbocycles. The van der Waals surface area contributed by atoms with Gasteiger partial charge in [-0.1, -0.05) is 31.8 Å². The van der Waals surface area contributed by atoms with Gasteiger partial charge in [0.2, 0.25) is 5.91 Å². The topological polar surface area (TPSA) is 72.1 Å². The third kappa shape index (κ3) is 4.04. The Kier molecular flexibility index (Phi) is 4.98. The van der Waals surface area contributed by atoms with Crippen LogP contribution in [-0.4, -0.2) is 39.0 Å². The Morgan fingerprint density at radius 1 is 1.41 bits per heavy atom. The van der Waals surface area contributed by atoms with Gasteiger partial charge >= 0.3 is 0 Å². The molecule has 1 saturated heterocycles. The summed E-state index contributed by atoms with van der Waals surface area (Å²) in [6, 6.07) is 3.79. The number of carbonyl (C=O) groups is 1. The molecule has 3 heterocycles. The van der Waals surface area contributed by atoms with E-state index < -0.39 is 0 Å². The van der Waals surface area contributed by atoms with Crippen LogP contribution >= 0.6 is 0 Å². The molecule has 2 aromatic heterocycles. The minimum atomic E-state index is -0.185. The van der Waals surface area contributed by atoms with Crippen molar-refractivity contribution in [3.05, 3.63) is 30.4 Å². The Morgan fingerprint density at radius 2 is 2.26 bits per heavy atom. The van der Waals surface area contributed by atoms with Crippen molar-refractivity contribution in [2.45, 2.75) is 57.8 Å². The van der Waals surface area contributed by atoms with E-state index in [0.29, 0.717) is 24.8 Å². The Balaban J connectivity index is 1.60. The minimum absolute atomic E-state index is 0.185. The normalized spacial score (nSPS) is 23.0. The molecule has 6 nitrogen and oxygen atoms in total. The van der Waals surface area contributed by atoms with Crippen LogP contribution < -0.4 is 0 Å². The number of rotatable bonds is 6. The number of amides is 1. The van der Waals surface area contributed by atoms with Crippen molar-refractivity contribution in [3.8, 4) is 11.5 Å². The molecule has 0 bridgehead atoms. The summed E-state index contributed by atoms with van der Waals surface area (Å²) in [7, 11) is 0. The maximum absolute atomic E-state index is 12.7. The summed E-state index contributed by atoms with van der Waals surface area (Å²) in [6.45, 7) is 5.74. The number of aromatic nitrogens is 3. The van der Waals surface area contributed by atoms with E-state index in [1.807, 2.05) is 17.0 Å². The van der Waals surface area contributed by atoms with E-state index in [9.17, 15) is 4.79 Å². The molecular weight excluding hydrogens is 340 g/mol. The van der Waals surface area contributed by atoms with E-state index in [2.05, 4.69) is 24.0 Å². The van der Waals surface area contributed by atoms with Gasteiger partial charge in [-0.2, -0.15) is 4.98 Å². The Morgan fingerprint density at radius 3 is 2.96 bits per heavy atom. The first-order valence-electron chi connectivity index (χ1n) is 10.1. The highest BCUT2D eigenvalue weighted by atomic mass is 16.5. The van der Waals surface area contributed by atoms with Crippen LogP contribution in [0.15, 0.2) is 29.0 Å². The third-order valence-electron chi connectivity index (χ3n) is 5.70. The zero-order chi connectivity index (χ0) is 18.9. The van der Waals surface area contributed by atoms with Crippen LogP contribution in [0.4, 0.5) is 0 Å². The molecule has 1 atom stereocenters. The van der Waals surface area contributed by atoms with E-state index >= 15 is 0 Å². The molecule has 4 rings (SSSR count). The van der Waals surface area contributed by atoms with Crippen molar-refractivity contribution in [2.24, 2.45) is 11.8 Å². The van der Waals surface area contributed by atoms with Crippen molar-refractivity contribution >= 4 is 5.91 Å². The van der Waals surface area contributed by atoms with Crippen LogP contribution in [0.2, 0.25) is 0 Å². The predicted molar refractivity (Wildman–Crippen MR) is 102 cm³/mol. The standard InChI is InChI=1S/C21H28N4O2/c1-15(2)11-18(26)25-10-4-8-21(14-25,12-16-6-7-16)20-23-19(27-24-20)17-5-3-9-22-13-17/h3,5,9,13,15-16H,4,6-8,10-12,14H2,1-2H3. The van der Waals surface area contributed by atoms with Gasteiger partial charge in [0, 0.05) is 31.9 Å². The van der Waals surface area contributed by atoms with Gasteiger partial charge in [0.1, 0.15) is 0 Å². The number of hydrogen-bond donors (Lipinski definition) is 0. The highest BCUT2D eigenvalue weighted by Crippen LogP contribution is 2.46. The zero-order valence-electron chi connectivity index (χ0n) is 16.2. The Hall–Kier alpha value is -2.24. The van der Waals surface area contributed by atoms with E-state index in [4.69, 9.17) is 9.51 Å². The van der Waals surface area contributed by atoms with Crippen molar-refractivity contribution in [3.63, 3.8) is 0 Å². The first-order chi connectivity index (χ1) is 13.1. The van der Waals surface area contributed by atoms with Crippen LogP contribution in [0.1, 0.15) is 58.2 Å². The lowest BCUT2D eigenvalue weighted by molar-refractivity contribution is -0.134. The van der Waals surface area contributed by atoms with Gasteiger partial charge in [-0.05, 0) is 43.2 Å². The molecule has 0 N–H and O–H groups in total. The maximum atomic E-state index is 12.7. The fraction of sp³-hybridized carbons (Fsp3) is 0.619. The van der Waals surface area contributed by atoms with Crippen molar-refractivity contribution in [1.29, 1.82) is 0 Å². The average Bonchev–Trinajstić information content (AvgIpc) is 3.32. The van der Waals surface area contributed by atoms with Crippen LogP contribution in [0.3, 0.4) is 0 Å². The van der Waals surface area contributed by atoms with Gasteiger partial charge in [-0.15, -0.1) is 0 Å². The number of pyridine rings is 1. The molecule has 27 heavy (non-hydrogen) atoms. The van der Waals surface area contributed by atoms with E-state index in [1.54, 1.807) is 12.4 Å². The zero-order valence-corrected chi connectivity index (χ0v) is 16.2. The smallest absolute Gasteiger partial charge is 0.259 e. The van der Waals surface area contributed by atoms with Gasteiger partial charge in [0.15, 0.2) is 5.82 Å². The monoisotopic (exact) mass is 368 g/mol. The molecule has 2 aromatic rings. The van der Waals surface area contributed by atoms with Gasteiger partial charge in [0.05, 0.1) is 11.0 Å². The minimum Gasteiger partial charge on any atom is -0.342 e. The fourth-order valence-electron chi connectivity index (χ4n) is 4.18. The van der Waals surface area contributed by atoms with E-state index in [-0.39, 0.29) is 11.3 Å². The second-order valence-electron chi connectivity index (χ2n) is 8.61. The van der Waals surface area contributed by atoms with Crippen molar-refractivity contribution in [1.82, 2.24) is 20.0 Å². The summed E-state index contributed by atoms with van der Waals surface area (Å²) >= 11 is 0. The molecule has 144 valence electrons. The molecule has 1 aliphatic heterocycles. The van der Waals surface area contributed by atoms with Crippen molar-refractivity contribution in [2.75, 3.05) is 13.1 Å². The summed E-state index contributed by atoms with van der Waals surface area (Å²) in [4.78, 5) is 23.6. The summed E-state index contributed by atoms with van der Waals surface area (Å²) in [5.74, 6) is 2.63. The first-order valence-corrected chi connectivity index (χ1v) is 10.1. The highest BCUT2D eigenvalue weighted by Gasteiger charge is 2.45. The summed E-state index contributed by atoms with van der Waals surface area (Å²) in [5.41, 5.74) is 0.650. The van der Waals surface area contributed by atoms with Crippen LogP contribution in [0.5, 0.6) is 0 Å². The largest absolute Gasteiger partial charge is 0.342 e. The fourth-order valence-corrected chi connectivity index (χ4v) is 4.18. The molecule has 1 amide bonds. The molecule has 2 fully saturated rings. The number of likely N-dealkylation sites (tertiary alicyclic amines) is 1. The number of nitrogens with zero attached hydrogens (tertiary/aromatic N) is 4. The molecule has 0 aromatic carbocycles. The lowest BCUT2D eigenvalue weighted by Gasteiger charge is -2.41. The third-order valence-corrected chi connectivity index (χ3v) is 5.70. The van der Waals surface area contributed by atoms with Crippen LogP contribution in [0, 0.1) is 11.8 Å². The lowest BCUT2D eigenvalue weighted by atomic mass is 9.74. The quantitative estimate of drug-likeness (QED) is 0.775. The second kappa shape index (κ2) is 7.41. The Bertz CT molecular complexity index is 784. The number of piperidine rings is 1. The summed E-state index contributed by atoms with van der Waals surface area (Å²) in [6.07, 6.45) is 9.67. The maximum Gasteiger partial charge on any atom is 0.259 e. The summed E-state index contributed by atoms with van der Waals surface area (Å²) in [5, 5.41) is 4.37. The molecule has 1 aliphatic carbocycles. The predicted octanol–water partition coefficient (Wildman–Crippen LogP) is 3.84.